The largest absolute Gasteiger partial charge is 0.440 e. The van der Waals surface area contributed by atoms with Crippen molar-refractivity contribution in [3.63, 3.8) is 0 Å². The molecule has 3 heterocycles. The van der Waals surface area contributed by atoms with E-state index in [2.05, 4.69) is 15.0 Å². The van der Waals surface area contributed by atoms with Crippen LogP contribution in [0.5, 0.6) is 0 Å². The van der Waals surface area contributed by atoms with E-state index in [1.165, 1.54) is 0 Å². The number of aryl methyl sites for hydroxylation is 1. The average molecular weight is 230 g/mol. The van der Waals surface area contributed by atoms with E-state index < -0.39 is 0 Å². The molecule has 0 unspecified atom stereocenters. The number of pyridine rings is 1. The zero-order valence-corrected chi connectivity index (χ0v) is 9.11. The summed E-state index contributed by atoms with van der Waals surface area (Å²) in [5.41, 5.74) is 1.94. The highest BCUT2D eigenvalue weighted by Crippen LogP contribution is 2.23. The second-order valence-electron chi connectivity index (χ2n) is 3.81. The first-order valence-electron chi connectivity index (χ1n) is 5.13. The number of nitrogens with one attached hydrogen (secondary N) is 2. The number of rotatable bonds is 1. The fourth-order valence-electron chi connectivity index (χ4n) is 1.88. The van der Waals surface area contributed by atoms with Gasteiger partial charge in [0.25, 0.3) is 0 Å². The maximum Gasteiger partial charge on any atom is 0.232 e. The number of nitrogens with zero attached hydrogens (tertiary/aromatic N) is 2. The summed E-state index contributed by atoms with van der Waals surface area (Å²) in [7, 11) is 0. The summed E-state index contributed by atoms with van der Waals surface area (Å²) < 4.78 is 5.45. The van der Waals surface area contributed by atoms with Gasteiger partial charge in [0.05, 0.1) is 16.4 Å². The molecule has 6 heteroatoms. The van der Waals surface area contributed by atoms with Gasteiger partial charge in [-0.05, 0) is 6.92 Å². The van der Waals surface area contributed by atoms with Crippen LogP contribution in [0, 0.1) is 12.3 Å². The average Bonchev–Trinajstić information content (AvgIpc) is 2.26. The van der Waals surface area contributed by atoms with Gasteiger partial charge in [-0.25, -0.2) is 4.98 Å². The molecule has 0 aliphatic heterocycles. The van der Waals surface area contributed by atoms with Gasteiger partial charge in [-0.1, -0.05) is 0 Å². The van der Waals surface area contributed by atoms with Crippen LogP contribution in [0.3, 0.4) is 0 Å². The van der Waals surface area contributed by atoms with Crippen LogP contribution >= 0.6 is 0 Å². The van der Waals surface area contributed by atoms with Crippen molar-refractivity contribution in [2.24, 2.45) is 0 Å². The number of aliphatic hydroxyl groups is 1. The van der Waals surface area contributed by atoms with Crippen molar-refractivity contribution in [1.29, 1.82) is 5.41 Å². The first-order chi connectivity index (χ1) is 8.17. The fraction of sp³-hybridized carbons (Fsp3) is 0.182. The Labute approximate surface area is 95.5 Å². The van der Waals surface area contributed by atoms with Gasteiger partial charge < -0.3 is 14.5 Å². The molecule has 3 aromatic rings. The zero-order chi connectivity index (χ0) is 12.0. The molecule has 0 amide bonds. The van der Waals surface area contributed by atoms with Crippen LogP contribution in [0.25, 0.3) is 22.1 Å². The number of aliphatic hydroxyl groups excluding tert-OH is 1. The molecule has 0 aromatic carbocycles. The molecule has 3 rings (SSSR count). The van der Waals surface area contributed by atoms with Crippen molar-refractivity contribution in [3.05, 3.63) is 29.2 Å². The summed E-state index contributed by atoms with van der Waals surface area (Å²) in [6, 6.07) is 3.25. The van der Waals surface area contributed by atoms with Crippen LogP contribution in [-0.2, 0) is 6.61 Å². The Kier molecular flexibility index (Phi) is 1.99. The molecular weight excluding hydrogens is 220 g/mol. The van der Waals surface area contributed by atoms with Crippen LogP contribution in [0.2, 0.25) is 0 Å². The maximum atomic E-state index is 9.11. The first-order valence-corrected chi connectivity index (χ1v) is 5.13. The van der Waals surface area contributed by atoms with E-state index in [1.807, 2.05) is 0 Å². The van der Waals surface area contributed by atoms with Crippen molar-refractivity contribution in [2.75, 3.05) is 0 Å². The zero-order valence-electron chi connectivity index (χ0n) is 9.11. The standard InChI is InChI=1S/C11H10N4O2/c1-5-13-8-3-9(12)15-7-2-6(4-16)17-11(14-5)10(7)8/h2-3,12,16H,4H2,1H3,(H,13,14). The Hall–Kier alpha value is -2.21. The number of hydrogen-bond donors (Lipinski definition) is 3. The quantitative estimate of drug-likeness (QED) is 0.580. The molecule has 0 atom stereocenters. The predicted octanol–water partition coefficient (Wildman–Crippen LogP) is 0.984. The molecule has 0 spiro atoms. The maximum absolute atomic E-state index is 9.11. The third-order valence-electron chi connectivity index (χ3n) is 2.53. The summed E-state index contributed by atoms with van der Waals surface area (Å²) in [6.45, 7) is 1.59. The van der Waals surface area contributed by atoms with Crippen molar-refractivity contribution in [3.8, 4) is 0 Å². The molecule has 3 aromatic heterocycles. The molecule has 0 aliphatic rings. The van der Waals surface area contributed by atoms with Gasteiger partial charge in [0, 0.05) is 12.1 Å². The molecule has 0 bridgehead atoms. The molecule has 17 heavy (non-hydrogen) atoms. The number of aromatic amines is 1. The highest BCUT2D eigenvalue weighted by Gasteiger charge is 2.10. The lowest BCUT2D eigenvalue weighted by Gasteiger charge is -2.06. The van der Waals surface area contributed by atoms with Crippen molar-refractivity contribution in [1.82, 2.24) is 15.0 Å². The van der Waals surface area contributed by atoms with E-state index in [0.717, 1.165) is 10.9 Å². The van der Waals surface area contributed by atoms with Gasteiger partial charge >= 0.3 is 0 Å². The van der Waals surface area contributed by atoms with Crippen LogP contribution in [0.1, 0.15) is 11.6 Å². The van der Waals surface area contributed by atoms with Crippen LogP contribution in [0.4, 0.5) is 0 Å². The van der Waals surface area contributed by atoms with Crippen molar-refractivity contribution >= 4 is 22.1 Å². The van der Waals surface area contributed by atoms with E-state index in [0.29, 0.717) is 22.8 Å². The number of H-pyrrole nitrogens is 1. The molecule has 0 aliphatic carbocycles. The highest BCUT2D eigenvalue weighted by molar-refractivity contribution is 6.02. The van der Waals surface area contributed by atoms with Gasteiger partial charge in [0.15, 0.2) is 0 Å². The predicted molar refractivity (Wildman–Crippen MR) is 60.2 cm³/mol. The molecule has 0 radical (unpaired) electrons. The molecular formula is C11H10N4O2. The Morgan fingerprint density at radius 2 is 2.24 bits per heavy atom. The Bertz CT molecular complexity index is 772. The second-order valence-corrected chi connectivity index (χ2v) is 3.81. The van der Waals surface area contributed by atoms with Crippen LogP contribution in [0.15, 0.2) is 16.5 Å². The summed E-state index contributed by atoms with van der Waals surface area (Å²) in [6.07, 6.45) is 0. The minimum Gasteiger partial charge on any atom is -0.440 e. The van der Waals surface area contributed by atoms with Gasteiger partial charge in [-0.2, -0.15) is 4.98 Å². The van der Waals surface area contributed by atoms with Gasteiger partial charge in [0.2, 0.25) is 5.71 Å². The van der Waals surface area contributed by atoms with E-state index >= 15 is 0 Å². The lowest BCUT2D eigenvalue weighted by Crippen LogP contribution is -2.06. The van der Waals surface area contributed by atoms with Gasteiger partial charge in [-0.3, -0.25) is 5.41 Å². The molecule has 3 N–H and O–H groups in total. The normalized spacial score (nSPS) is 11.4. The van der Waals surface area contributed by atoms with Crippen LogP contribution < -0.4 is 5.49 Å². The number of aromatic nitrogens is 3. The van der Waals surface area contributed by atoms with E-state index in [4.69, 9.17) is 14.9 Å². The molecule has 0 fully saturated rings. The lowest BCUT2D eigenvalue weighted by atomic mass is 10.2. The highest BCUT2D eigenvalue weighted by atomic mass is 16.4. The molecule has 0 saturated heterocycles. The molecule has 0 saturated carbocycles. The monoisotopic (exact) mass is 230 g/mol. The van der Waals surface area contributed by atoms with Crippen molar-refractivity contribution < 1.29 is 9.52 Å². The van der Waals surface area contributed by atoms with Gasteiger partial charge in [-0.15, -0.1) is 0 Å². The summed E-state index contributed by atoms with van der Waals surface area (Å²) in [4.78, 5) is 11.4. The van der Waals surface area contributed by atoms with E-state index in [9.17, 15) is 0 Å². The second kappa shape index (κ2) is 3.39. The van der Waals surface area contributed by atoms with E-state index in [-0.39, 0.29) is 12.1 Å². The Balaban J connectivity index is 2.60. The third-order valence-corrected chi connectivity index (χ3v) is 2.53. The Morgan fingerprint density at radius 1 is 1.41 bits per heavy atom. The smallest absolute Gasteiger partial charge is 0.232 e. The van der Waals surface area contributed by atoms with E-state index in [1.54, 1.807) is 19.1 Å². The Morgan fingerprint density at radius 3 is 3.00 bits per heavy atom. The molecule has 6 nitrogen and oxygen atoms in total. The van der Waals surface area contributed by atoms with Gasteiger partial charge in [0.1, 0.15) is 23.7 Å². The summed E-state index contributed by atoms with van der Waals surface area (Å²) >= 11 is 0. The topological polar surface area (TPSA) is 98.8 Å². The SMILES string of the molecule is Cc1nc2oc(CO)cc3nc(=N)cc([nH]1)c32. The minimum atomic E-state index is -0.218. The summed E-state index contributed by atoms with van der Waals surface area (Å²) in [5.74, 6) is 1.07. The third kappa shape index (κ3) is 1.50. The number of hydrogen-bond acceptors (Lipinski definition) is 5. The first kappa shape index (κ1) is 9.98. The minimum absolute atomic E-state index is 0.163. The molecule has 86 valence electrons. The van der Waals surface area contributed by atoms with Crippen LogP contribution in [-0.4, -0.2) is 20.1 Å². The lowest BCUT2D eigenvalue weighted by molar-refractivity contribution is 0.248. The fourth-order valence-corrected chi connectivity index (χ4v) is 1.88. The van der Waals surface area contributed by atoms with Crippen molar-refractivity contribution in [2.45, 2.75) is 13.5 Å². The summed E-state index contributed by atoms with van der Waals surface area (Å²) in [5, 5.41) is 17.5.